The van der Waals surface area contributed by atoms with Crippen LogP contribution in [0.1, 0.15) is 27.7 Å². The summed E-state index contributed by atoms with van der Waals surface area (Å²) in [6, 6.07) is 0.251. The van der Waals surface area contributed by atoms with Crippen LogP contribution in [0.5, 0.6) is 0 Å². The minimum absolute atomic E-state index is 0.230. The molecular weight excluding hydrogens is 218 g/mol. The number of piperazine rings is 1. The number of likely N-dealkylation sites (N-methyl/N-ethyl adjacent to an activating group) is 1. The molecule has 0 aromatic rings. The molecular formula is C12H25N3O2. The molecule has 2 N–H and O–H groups in total. The lowest BCUT2D eigenvalue weighted by Gasteiger charge is -2.40. The number of hydrogen-bond donors (Lipinski definition) is 1. The minimum Gasteiger partial charge on any atom is -0.444 e. The summed E-state index contributed by atoms with van der Waals surface area (Å²) < 4.78 is 5.37. The highest BCUT2D eigenvalue weighted by molar-refractivity contribution is 5.68. The molecule has 0 aromatic heterocycles. The molecule has 1 saturated heterocycles. The molecule has 0 aromatic carbocycles. The number of carbonyl (C=O) groups is 1. The molecule has 1 atom stereocenters. The summed E-state index contributed by atoms with van der Waals surface area (Å²) in [5.74, 6) is 0. The van der Waals surface area contributed by atoms with Crippen molar-refractivity contribution < 1.29 is 9.53 Å². The Balaban J connectivity index is 2.54. The second kappa shape index (κ2) is 5.69. The molecule has 0 spiro atoms. The van der Waals surface area contributed by atoms with Gasteiger partial charge in [0.2, 0.25) is 0 Å². The van der Waals surface area contributed by atoms with Gasteiger partial charge >= 0.3 is 6.09 Å². The zero-order valence-corrected chi connectivity index (χ0v) is 11.4. The van der Waals surface area contributed by atoms with Crippen LogP contribution in [-0.4, -0.2) is 60.3 Å². The summed E-state index contributed by atoms with van der Waals surface area (Å²) in [6.45, 7) is 11.6. The van der Waals surface area contributed by atoms with E-state index in [2.05, 4.69) is 11.8 Å². The zero-order valence-electron chi connectivity index (χ0n) is 11.4. The van der Waals surface area contributed by atoms with E-state index < -0.39 is 5.60 Å². The maximum atomic E-state index is 11.9. The van der Waals surface area contributed by atoms with Gasteiger partial charge in [-0.3, -0.25) is 4.90 Å². The maximum absolute atomic E-state index is 11.9. The van der Waals surface area contributed by atoms with Crippen molar-refractivity contribution in [3.63, 3.8) is 0 Å². The van der Waals surface area contributed by atoms with Crippen LogP contribution in [0.3, 0.4) is 0 Å². The van der Waals surface area contributed by atoms with Gasteiger partial charge in [-0.05, 0) is 27.3 Å². The first-order valence-corrected chi connectivity index (χ1v) is 6.29. The number of amides is 1. The Morgan fingerprint density at radius 1 is 1.41 bits per heavy atom. The lowest BCUT2D eigenvalue weighted by molar-refractivity contribution is 0.00560. The van der Waals surface area contributed by atoms with Gasteiger partial charge in [0.25, 0.3) is 0 Å². The second-order valence-corrected chi connectivity index (χ2v) is 5.44. The summed E-state index contributed by atoms with van der Waals surface area (Å²) in [6.07, 6.45) is -0.230. The Labute approximate surface area is 104 Å². The van der Waals surface area contributed by atoms with Gasteiger partial charge < -0.3 is 15.4 Å². The van der Waals surface area contributed by atoms with Crippen molar-refractivity contribution in [2.45, 2.75) is 39.3 Å². The molecule has 5 nitrogen and oxygen atoms in total. The first kappa shape index (κ1) is 14.3. The molecule has 0 aliphatic carbocycles. The van der Waals surface area contributed by atoms with Gasteiger partial charge in [0, 0.05) is 32.2 Å². The molecule has 5 heteroatoms. The molecule has 17 heavy (non-hydrogen) atoms. The first-order valence-electron chi connectivity index (χ1n) is 6.29. The zero-order chi connectivity index (χ0) is 13.1. The molecule has 0 saturated carbocycles. The minimum atomic E-state index is -0.433. The lowest BCUT2D eigenvalue weighted by atomic mass is 10.1. The molecule has 1 aliphatic rings. The van der Waals surface area contributed by atoms with E-state index in [1.807, 2.05) is 20.8 Å². The molecule has 1 aliphatic heterocycles. The van der Waals surface area contributed by atoms with E-state index in [1.165, 1.54) is 0 Å². The fraction of sp³-hybridized carbons (Fsp3) is 0.917. The molecule has 100 valence electrons. The van der Waals surface area contributed by atoms with Crippen LogP contribution in [0.25, 0.3) is 0 Å². The highest BCUT2D eigenvalue weighted by Gasteiger charge is 2.30. The molecule has 0 radical (unpaired) electrons. The Bertz CT molecular complexity index is 263. The average molecular weight is 243 g/mol. The fourth-order valence-corrected chi connectivity index (χ4v) is 2.03. The van der Waals surface area contributed by atoms with E-state index in [1.54, 1.807) is 4.90 Å². The van der Waals surface area contributed by atoms with Crippen LogP contribution in [0.2, 0.25) is 0 Å². The Morgan fingerprint density at radius 3 is 2.53 bits per heavy atom. The monoisotopic (exact) mass is 243 g/mol. The van der Waals surface area contributed by atoms with Crippen molar-refractivity contribution in [1.29, 1.82) is 0 Å². The summed E-state index contributed by atoms with van der Waals surface area (Å²) >= 11 is 0. The Hall–Kier alpha value is -0.810. The van der Waals surface area contributed by atoms with Crippen molar-refractivity contribution >= 4 is 6.09 Å². The Morgan fingerprint density at radius 2 is 2.06 bits per heavy atom. The summed E-state index contributed by atoms with van der Waals surface area (Å²) in [5.41, 5.74) is 5.31. The number of nitrogens with two attached hydrogens (primary N) is 1. The normalized spacial score (nSPS) is 22.6. The quantitative estimate of drug-likeness (QED) is 0.782. The number of ether oxygens (including phenoxy) is 1. The van der Waals surface area contributed by atoms with E-state index in [9.17, 15) is 4.79 Å². The summed E-state index contributed by atoms with van der Waals surface area (Å²) in [7, 11) is 0. The fourth-order valence-electron chi connectivity index (χ4n) is 2.03. The van der Waals surface area contributed by atoms with Gasteiger partial charge in [-0.15, -0.1) is 0 Å². The van der Waals surface area contributed by atoms with Crippen molar-refractivity contribution in [3.05, 3.63) is 0 Å². The summed E-state index contributed by atoms with van der Waals surface area (Å²) in [4.78, 5) is 16.0. The predicted octanol–water partition coefficient (Wildman–Crippen LogP) is 0.886. The van der Waals surface area contributed by atoms with Crippen LogP contribution in [0.4, 0.5) is 4.79 Å². The van der Waals surface area contributed by atoms with Crippen LogP contribution in [0, 0.1) is 0 Å². The van der Waals surface area contributed by atoms with Gasteiger partial charge in [-0.25, -0.2) is 4.79 Å². The van der Waals surface area contributed by atoms with Gasteiger partial charge in [-0.1, -0.05) is 6.92 Å². The number of carbonyl (C=O) groups excluding carboxylic acids is 1. The Kier molecular flexibility index (Phi) is 4.77. The van der Waals surface area contributed by atoms with Gasteiger partial charge in [0.15, 0.2) is 0 Å². The smallest absolute Gasteiger partial charge is 0.410 e. The average Bonchev–Trinajstić information content (AvgIpc) is 2.25. The van der Waals surface area contributed by atoms with Crippen LogP contribution in [-0.2, 0) is 4.74 Å². The first-order chi connectivity index (χ1) is 7.87. The topological polar surface area (TPSA) is 58.8 Å². The van der Waals surface area contributed by atoms with E-state index >= 15 is 0 Å². The highest BCUT2D eigenvalue weighted by Crippen LogP contribution is 2.14. The number of hydrogen-bond acceptors (Lipinski definition) is 4. The van der Waals surface area contributed by atoms with Crippen molar-refractivity contribution in [2.75, 3.05) is 32.7 Å². The third kappa shape index (κ3) is 4.16. The van der Waals surface area contributed by atoms with E-state index in [0.717, 1.165) is 19.6 Å². The van der Waals surface area contributed by atoms with Gasteiger partial charge in [-0.2, -0.15) is 0 Å². The van der Waals surface area contributed by atoms with E-state index in [-0.39, 0.29) is 12.1 Å². The van der Waals surface area contributed by atoms with E-state index in [0.29, 0.717) is 13.1 Å². The lowest BCUT2D eigenvalue weighted by Crippen LogP contribution is -2.57. The molecule has 1 fully saturated rings. The van der Waals surface area contributed by atoms with Gasteiger partial charge in [0.1, 0.15) is 5.60 Å². The number of rotatable bonds is 2. The van der Waals surface area contributed by atoms with Crippen LogP contribution in [0.15, 0.2) is 0 Å². The van der Waals surface area contributed by atoms with Crippen LogP contribution >= 0.6 is 0 Å². The second-order valence-electron chi connectivity index (χ2n) is 5.44. The molecule has 1 amide bonds. The van der Waals surface area contributed by atoms with Crippen molar-refractivity contribution in [1.82, 2.24) is 9.80 Å². The highest BCUT2D eigenvalue weighted by atomic mass is 16.6. The third-order valence-corrected chi connectivity index (χ3v) is 2.93. The van der Waals surface area contributed by atoms with Gasteiger partial charge in [0.05, 0.1) is 0 Å². The van der Waals surface area contributed by atoms with Crippen molar-refractivity contribution in [2.24, 2.45) is 5.73 Å². The standard InChI is InChI=1S/C12H25N3O2/c1-5-14-6-7-15(9-10(14)8-13)11(16)17-12(2,3)4/h10H,5-9,13H2,1-4H3. The van der Waals surface area contributed by atoms with Crippen molar-refractivity contribution in [3.8, 4) is 0 Å². The molecule has 1 heterocycles. The predicted molar refractivity (Wildman–Crippen MR) is 67.9 cm³/mol. The SMILES string of the molecule is CCN1CCN(C(=O)OC(C)(C)C)CC1CN. The van der Waals surface area contributed by atoms with E-state index in [4.69, 9.17) is 10.5 Å². The summed E-state index contributed by atoms with van der Waals surface area (Å²) in [5, 5.41) is 0. The number of nitrogens with zero attached hydrogens (tertiary/aromatic N) is 2. The maximum Gasteiger partial charge on any atom is 0.410 e. The molecule has 1 rings (SSSR count). The van der Waals surface area contributed by atoms with Crippen LogP contribution < -0.4 is 5.73 Å². The molecule has 1 unspecified atom stereocenters. The largest absolute Gasteiger partial charge is 0.444 e. The third-order valence-electron chi connectivity index (χ3n) is 2.93. The molecule has 0 bridgehead atoms.